The van der Waals surface area contributed by atoms with Gasteiger partial charge in [0.1, 0.15) is 11.5 Å². The molecule has 0 spiro atoms. The molecule has 2 aromatic carbocycles. The Morgan fingerprint density at radius 1 is 0.897 bits per heavy atom. The minimum absolute atomic E-state index is 0.627. The molecule has 0 saturated carbocycles. The minimum Gasteiger partial charge on any atom is -0.493 e. The number of rotatable bonds is 15. The molecule has 0 aliphatic carbocycles. The van der Waals surface area contributed by atoms with Crippen LogP contribution in [0, 0.1) is 5.92 Å². The van der Waals surface area contributed by atoms with Gasteiger partial charge in [-0.2, -0.15) is 0 Å². The number of aryl methyl sites for hydroxylation is 1. The summed E-state index contributed by atoms with van der Waals surface area (Å²) in [5.74, 6) is 3.42. The molecule has 0 aliphatic rings. The number of halogens is 1. The van der Waals surface area contributed by atoms with E-state index in [4.69, 9.17) is 21.1 Å². The molecule has 0 amide bonds. The van der Waals surface area contributed by atoms with Crippen molar-refractivity contribution in [1.29, 1.82) is 0 Å². The van der Waals surface area contributed by atoms with Crippen LogP contribution in [0.2, 0.25) is 0 Å². The number of hydrogen-bond donors (Lipinski definition) is 0. The summed E-state index contributed by atoms with van der Waals surface area (Å²) in [6.45, 7) is 8.28. The van der Waals surface area contributed by atoms with Gasteiger partial charge in [0.25, 0.3) is 0 Å². The Bertz CT molecular complexity index is 713. The molecule has 0 bridgehead atoms. The van der Waals surface area contributed by atoms with Crippen molar-refractivity contribution in [2.45, 2.75) is 78.6 Å². The molecule has 0 aromatic heterocycles. The zero-order valence-corrected chi connectivity index (χ0v) is 19.4. The molecule has 1 unspecified atom stereocenters. The highest BCUT2D eigenvalue weighted by Gasteiger charge is 2.15. The van der Waals surface area contributed by atoms with Crippen molar-refractivity contribution in [2.24, 2.45) is 5.92 Å². The molecule has 0 heterocycles. The van der Waals surface area contributed by atoms with E-state index in [-0.39, 0.29) is 0 Å². The summed E-state index contributed by atoms with van der Waals surface area (Å²) in [6, 6.07) is 10.7. The van der Waals surface area contributed by atoms with Gasteiger partial charge in [0.15, 0.2) is 0 Å². The van der Waals surface area contributed by atoms with Crippen LogP contribution in [0.1, 0.15) is 77.7 Å². The highest BCUT2D eigenvalue weighted by atomic mass is 35.5. The number of fused-ring (bicyclic) bond motifs is 1. The molecule has 3 heteroatoms. The molecule has 2 nitrogen and oxygen atoms in total. The molecule has 2 rings (SSSR count). The number of unbranched alkanes of at least 4 members (excludes halogenated alkanes) is 4. The standard InChI is InChI=1S/C26H39ClO2/c1-4-7-14-21(5-2)20-29-26-22(6-3)19-25(23-15-10-11-16-24(23)26)28-18-13-9-8-12-17-27/h10-11,15-16,19,21H,4-9,12-14,17-18,20H2,1-3H3. The third kappa shape index (κ3) is 7.41. The molecule has 0 radical (unpaired) electrons. The molecular weight excluding hydrogens is 380 g/mol. The fourth-order valence-electron chi connectivity index (χ4n) is 3.75. The molecule has 0 aliphatic heterocycles. The van der Waals surface area contributed by atoms with Gasteiger partial charge in [0.2, 0.25) is 0 Å². The molecule has 0 N–H and O–H groups in total. The summed E-state index contributed by atoms with van der Waals surface area (Å²) in [4.78, 5) is 0. The summed E-state index contributed by atoms with van der Waals surface area (Å²) in [5.41, 5.74) is 1.24. The van der Waals surface area contributed by atoms with Gasteiger partial charge < -0.3 is 9.47 Å². The average Bonchev–Trinajstić information content (AvgIpc) is 2.76. The molecule has 0 saturated heterocycles. The van der Waals surface area contributed by atoms with Crippen molar-refractivity contribution in [3.8, 4) is 11.5 Å². The van der Waals surface area contributed by atoms with Crippen LogP contribution in [0.25, 0.3) is 10.8 Å². The van der Waals surface area contributed by atoms with Crippen LogP contribution in [-0.2, 0) is 6.42 Å². The fraction of sp³-hybridized carbons (Fsp3) is 0.615. The van der Waals surface area contributed by atoms with Crippen LogP contribution in [0.4, 0.5) is 0 Å². The summed E-state index contributed by atoms with van der Waals surface area (Å²) < 4.78 is 12.7. The predicted molar refractivity (Wildman–Crippen MR) is 127 cm³/mol. The number of hydrogen-bond acceptors (Lipinski definition) is 2. The van der Waals surface area contributed by atoms with Gasteiger partial charge in [0.05, 0.1) is 13.2 Å². The Kier molecular flexibility index (Phi) is 11.3. The van der Waals surface area contributed by atoms with Crippen molar-refractivity contribution >= 4 is 22.4 Å². The first kappa shape index (κ1) is 23.9. The number of alkyl halides is 1. The first-order valence-electron chi connectivity index (χ1n) is 11.6. The lowest BCUT2D eigenvalue weighted by Gasteiger charge is -2.20. The maximum atomic E-state index is 6.45. The van der Waals surface area contributed by atoms with Crippen molar-refractivity contribution in [2.75, 3.05) is 19.1 Å². The third-order valence-corrected chi connectivity index (χ3v) is 5.97. The first-order valence-corrected chi connectivity index (χ1v) is 12.1. The molecule has 2 aromatic rings. The molecule has 29 heavy (non-hydrogen) atoms. The lowest BCUT2D eigenvalue weighted by Crippen LogP contribution is -2.12. The second-order valence-corrected chi connectivity index (χ2v) is 8.32. The SMILES string of the molecule is CCCCC(CC)COc1c(CC)cc(OCCCCCCCl)c2ccccc12. The smallest absolute Gasteiger partial charge is 0.130 e. The highest BCUT2D eigenvalue weighted by molar-refractivity contribution is 6.17. The minimum atomic E-state index is 0.627. The Hall–Kier alpha value is -1.41. The highest BCUT2D eigenvalue weighted by Crippen LogP contribution is 2.37. The van der Waals surface area contributed by atoms with Crippen LogP contribution >= 0.6 is 11.6 Å². The van der Waals surface area contributed by atoms with Crippen LogP contribution in [0.15, 0.2) is 30.3 Å². The second kappa shape index (κ2) is 13.7. The Balaban J connectivity index is 2.15. The summed E-state index contributed by atoms with van der Waals surface area (Å²) >= 11 is 5.76. The Morgan fingerprint density at radius 2 is 1.66 bits per heavy atom. The Morgan fingerprint density at radius 3 is 2.34 bits per heavy atom. The molecule has 1 atom stereocenters. The van der Waals surface area contributed by atoms with E-state index in [0.717, 1.165) is 55.2 Å². The molecule has 0 fully saturated rings. The zero-order valence-electron chi connectivity index (χ0n) is 18.6. The Labute approximate surface area is 182 Å². The molecular formula is C26H39ClO2. The van der Waals surface area contributed by atoms with Gasteiger partial charge in [-0.3, -0.25) is 0 Å². The van der Waals surface area contributed by atoms with E-state index in [2.05, 4.69) is 51.1 Å². The van der Waals surface area contributed by atoms with Gasteiger partial charge in [-0.1, -0.05) is 77.1 Å². The monoisotopic (exact) mass is 418 g/mol. The van der Waals surface area contributed by atoms with Crippen LogP contribution < -0.4 is 9.47 Å². The van der Waals surface area contributed by atoms with Crippen LogP contribution in [-0.4, -0.2) is 19.1 Å². The maximum absolute atomic E-state index is 6.45. The predicted octanol–water partition coefficient (Wildman–Crippen LogP) is 8.18. The van der Waals surface area contributed by atoms with Crippen molar-refractivity contribution in [3.63, 3.8) is 0 Å². The van der Waals surface area contributed by atoms with Gasteiger partial charge in [0, 0.05) is 16.7 Å². The fourth-order valence-corrected chi connectivity index (χ4v) is 3.94. The van der Waals surface area contributed by atoms with Gasteiger partial charge in [-0.05, 0) is 43.2 Å². The van der Waals surface area contributed by atoms with Crippen molar-refractivity contribution in [1.82, 2.24) is 0 Å². The van der Waals surface area contributed by atoms with E-state index in [9.17, 15) is 0 Å². The van der Waals surface area contributed by atoms with Crippen molar-refractivity contribution in [3.05, 3.63) is 35.9 Å². The maximum Gasteiger partial charge on any atom is 0.130 e. The van der Waals surface area contributed by atoms with E-state index in [0.29, 0.717) is 5.92 Å². The lowest BCUT2D eigenvalue weighted by molar-refractivity contribution is 0.233. The molecule has 162 valence electrons. The number of benzene rings is 2. The van der Waals surface area contributed by atoms with Gasteiger partial charge in [-0.25, -0.2) is 0 Å². The van der Waals surface area contributed by atoms with E-state index in [1.54, 1.807) is 0 Å². The average molecular weight is 419 g/mol. The van der Waals surface area contributed by atoms with Crippen molar-refractivity contribution < 1.29 is 9.47 Å². The lowest BCUT2D eigenvalue weighted by atomic mass is 9.99. The van der Waals surface area contributed by atoms with E-state index >= 15 is 0 Å². The van der Waals surface area contributed by atoms with Crippen LogP contribution in [0.3, 0.4) is 0 Å². The van der Waals surface area contributed by atoms with Gasteiger partial charge >= 0.3 is 0 Å². The van der Waals surface area contributed by atoms with Gasteiger partial charge in [-0.15, -0.1) is 11.6 Å². The topological polar surface area (TPSA) is 18.5 Å². The zero-order chi connectivity index (χ0) is 20.9. The summed E-state index contributed by atoms with van der Waals surface area (Å²) in [6.07, 6.45) is 10.4. The second-order valence-electron chi connectivity index (χ2n) is 7.94. The summed E-state index contributed by atoms with van der Waals surface area (Å²) in [7, 11) is 0. The van der Waals surface area contributed by atoms with Crippen LogP contribution in [0.5, 0.6) is 11.5 Å². The first-order chi connectivity index (χ1) is 14.2. The number of ether oxygens (including phenoxy) is 2. The third-order valence-electron chi connectivity index (χ3n) is 5.71. The largest absolute Gasteiger partial charge is 0.493 e. The van der Waals surface area contributed by atoms with E-state index in [1.807, 2.05) is 0 Å². The quantitative estimate of drug-likeness (QED) is 0.214. The summed E-state index contributed by atoms with van der Waals surface area (Å²) in [5, 5.41) is 2.33. The van der Waals surface area contributed by atoms with E-state index < -0.39 is 0 Å². The van der Waals surface area contributed by atoms with E-state index in [1.165, 1.54) is 49.5 Å². The normalized spacial score (nSPS) is 12.3.